The smallest absolute Gasteiger partial charge is 0.257 e. The summed E-state index contributed by atoms with van der Waals surface area (Å²) in [5, 5.41) is 4.61. The highest BCUT2D eigenvalue weighted by Crippen LogP contribution is 2.32. The van der Waals surface area contributed by atoms with Crippen LogP contribution in [0.15, 0.2) is 53.1 Å². The van der Waals surface area contributed by atoms with Crippen LogP contribution in [0.3, 0.4) is 0 Å². The summed E-state index contributed by atoms with van der Waals surface area (Å²) in [5.74, 6) is 0.307. The van der Waals surface area contributed by atoms with Crippen LogP contribution >= 0.6 is 11.6 Å². The fourth-order valence-corrected chi connectivity index (χ4v) is 2.99. The fourth-order valence-electron chi connectivity index (χ4n) is 2.86. The lowest BCUT2D eigenvalue weighted by atomic mass is 10.1. The number of benzene rings is 2. The number of hydrogen-bond donors (Lipinski definition) is 0. The Morgan fingerprint density at radius 2 is 1.84 bits per heavy atom. The SMILES string of the molecule is O=C1C[C@@H](c2noc(-c3ccc(F)cc3)n2)CN1c1ccc(Cl)cc1. The predicted molar refractivity (Wildman–Crippen MR) is 90.9 cm³/mol. The van der Waals surface area contributed by atoms with Crippen LogP contribution in [0.4, 0.5) is 10.1 Å². The number of amides is 1. The summed E-state index contributed by atoms with van der Waals surface area (Å²) in [5.41, 5.74) is 1.43. The molecular weight excluding hydrogens is 345 g/mol. The molecule has 1 aliphatic heterocycles. The molecule has 2 heterocycles. The summed E-state index contributed by atoms with van der Waals surface area (Å²) in [6, 6.07) is 12.9. The summed E-state index contributed by atoms with van der Waals surface area (Å²) in [4.78, 5) is 18.4. The van der Waals surface area contributed by atoms with Crippen molar-refractivity contribution >= 4 is 23.2 Å². The van der Waals surface area contributed by atoms with E-state index in [9.17, 15) is 9.18 Å². The third-order valence-electron chi connectivity index (χ3n) is 4.16. The summed E-state index contributed by atoms with van der Waals surface area (Å²) in [6.07, 6.45) is 0.311. The molecule has 0 unspecified atom stereocenters. The van der Waals surface area contributed by atoms with Crippen molar-refractivity contribution in [3.8, 4) is 11.5 Å². The first-order chi connectivity index (χ1) is 12.1. The first kappa shape index (κ1) is 15.8. The Balaban J connectivity index is 1.54. The molecule has 2 aromatic carbocycles. The number of anilines is 1. The van der Waals surface area contributed by atoms with Crippen LogP contribution in [0.2, 0.25) is 5.02 Å². The first-order valence-corrected chi connectivity index (χ1v) is 8.13. The zero-order chi connectivity index (χ0) is 17.4. The van der Waals surface area contributed by atoms with Gasteiger partial charge in [-0.3, -0.25) is 4.79 Å². The second-order valence-corrected chi connectivity index (χ2v) is 6.28. The number of nitrogens with zero attached hydrogens (tertiary/aromatic N) is 3. The van der Waals surface area contributed by atoms with Gasteiger partial charge in [-0.15, -0.1) is 0 Å². The van der Waals surface area contributed by atoms with Crippen LogP contribution in [0, 0.1) is 5.82 Å². The highest BCUT2D eigenvalue weighted by Gasteiger charge is 2.34. The summed E-state index contributed by atoms with van der Waals surface area (Å²) in [7, 11) is 0. The maximum Gasteiger partial charge on any atom is 0.257 e. The van der Waals surface area contributed by atoms with Crippen molar-refractivity contribution in [2.24, 2.45) is 0 Å². The summed E-state index contributed by atoms with van der Waals surface area (Å²) < 4.78 is 18.3. The van der Waals surface area contributed by atoms with Gasteiger partial charge < -0.3 is 9.42 Å². The molecule has 1 saturated heterocycles. The predicted octanol–water partition coefficient (Wildman–Crippen LogP) is 4.05. The second-order valence-electron chi connectivity index (χ2n) is 5.85. The molecule has 0 saturated carbocycles. The third-order valence-corrected chi connectivity index (χ3v) is 4.41. The van der Waals surface area contributed by atoms with Crippen molar-refractivity contribution in [1.29, 1.82) is 0 Å². The molecule has 1 fully saturated rings. The molecule has 0 bridgehead atoms. The molecule has 7 heteroatoms. The van der Waals surface area contributed by atoms with E-state index in [1.54, 1.807) is 29.2 Å². The van der Waals surface area contributed by atoms with E-state index in [-0.39, 0.29) is 17.6 Å². The van der Waals surface area contributed by atoms with Crippen molar-refractivity contribution in [3.63, 3.8) is 0 Å². The molecule has 1 amide bonds. The Labute approximate surface area is 148 Å². The van der Waals surface area contributed by atoms with Gasteiger partial charge in [-0.2, -0.15) is 4.98 Å². The van der Waals surface area contributed by atoms with Crippen LogP contribution in [0.1, 0.15) is 18.2 Å². The molecule has 1 atom stereocenters. The molecule has 0 spiro atoms. The molecule has 1 aliphatic rings. The van der Waals surface area contributed by atoms with Crippen LogP contribution in [0.25, 0.3) is 11.5 Å². The average molecular weight is 358 g/mol. The van der Waals surface area contributed by atoms with Gasteiger partial charge in [0.1, 0.15) is 5.82 Å². The molecule has 3 aromatic rings. The van der Waals surface area contributed by atoms with E-state index in [1.165, 1.54) is 12.1 Å². The van der Waals surface area contributed by atoms with E-state index >= 15 is 0 Å². The largest absolute Gasteiger partial charge is 0.334 e. The molecule has 126 valence electrons. The van der Waals surface area contributed by atoms with Gasteiger partial charge in [0.25, 0.3) is 5.89 Å². The third kappa shape index (κ3) is 3.13. The van der Waals surface area contributed by atoms with E-state index in [1.807, 2.05) is 12.1 Å². The van der Waals surface area contributed by atoms with Gasteiger partial charge in [0.15, 0.2) is 5.82 Å². The van der Waals surface area contributed by atoms with Gasteiger partial charge in [0, 0.05) is 35.2 Å². The van der Waals surface area contributed by atoms with Crippen molar-refractivity contribution in [2.75, 3.05) is 11.4 Å². The number of hydrogen-bond acceptors (Lipinski definition) is 4. The van der Waals surface area contributed by atoms with Gasteiger partial charge >= 0.3 is 0 Å². The minimum atomic E-state index is -0.330. The Morgan fingerprint density at radius 3 is 2.56 bits per heavy atom. The molecule has 4 rings (SSSR count). The maximum atomic E-state index is 13.0. The van der Waals surface area contributed by atoms with Crippen LogP contribution in [0.5, 0.6) is 0 Å². The van der Waals surface area contributed by atoms with E-state index in [0.717, 1.165) is 5.69 Å². The van der Waals surface area contributed by atoms with Gasteiger partial charge in [-0.1, -0.05) is 16.8 Å². The molecule has 1 aromatic heterocycles. The zero-order valence-corrected chi connectivity index (χ0v) is 13.8. The lowest BCUT2D eigenvalue weighted by Gasteiger charge is -2.16. The molecule has 25 heavy (non-hydrogen) atoms. The molecule has 0 radical (unpaired) electrons. The minimum Gasteiger partial charge on any atom is -0.334 e. The summed E-state index contributed by atoms with van der Waals surface area (Å²) >= 11 is 5.89. The van der Waals surface area contributed by atoms with E-state index in [2.05, 4.69) is 10.1 Å². The fraction of sp³-hybridized carbons (Fsp3) is 0.167. The quantitative estimate of drug-likeness (QED) is 0.709. The Kier molecular flexibility index (Phi) is 3.97. The standard InChI is InChI=1S/C18H13ClFN3O2/c19-13-3-7-15(8-4-13)23-10-12(9-16(23)24)17-21-18(25-22-17)11-1-5-14(20)6-2-11/h1-8,12H,9-10H2/t12-/m1/s1. The Bertz CT molecular complexity index is 909. The van der Waals surface area contributed by atoms with E-state index < -0.39 is 0 Å². The van der Waals surface area contributed by atoms with Crippen molar-refractivity contribution in [3.05, 3.63) is 65.2 Å². The normalized spacial score (nSPS) is 17.3. The number of rotatable bonds is 3. The number of aromatic nitrogens is 2. The molecular formula is C18H13ClFN3O2. The molecule has 0 aliphatic carbocycles. The van der Waals surface area contributed by atoms with Crippen molar-refractivity contribution < 1.29 is 13.7 Å². The van der Waals surface area contributed by atoms with Crippen LogP contribution < -0.4 is 4.90 Å². The second kappa shape index (κ2) is 6.29. The number of carbonyl (C=O) groups excluding carboxylic acids is 1. The van der Waals surface area contributed by atoms with Gasteiger partial charge in [-0.25, -0.2) is 4.39 Å². The monoisotopic (exact) mass is 357 g/mol. The number of carbonyl (C=O) groups is 1. The van der Waals surface area contributed by atoms with Gasteiger partial charge in [0.2, 0.25) is 5.91 Å². The topological polar surface area (TPSA) is 59.2 Å². The lowest BCUT2D eigenvalue weighted by molar-refractivity contribution is -0.117. The maximum absolute atomic E-state index is 13.0. The Hall–Kier alpha value is -2.73. The van der Waals surface area contributed by atoms with Crippen LogP contribution in [-0.4, -0.2) is 22.6 Å². The highest BCUT2D eigenvalue weighted by atomic mass is 35.5. The Morgan fingerprint density at radius 1 is 1.12 bits per heavy atom. The van der Waals surface area contributed by atoms with Gasteiger partial charge in [-0.05, 0) is 48.5 Å². The van der Waals surface area contributed by atoms with Crippen LogP contribution in [-0.2, 0) is 4.79 Å². The van der Waals surface area contributed by atoms with Gasteiger partial charge in [0.05, 0.1) is 0 Å². The van der Waals surface area contributed by atoms with E-state index in [4.69, 9.17) is 16.1 Å². The highest BCUT2D eigenvalue weighted by molar-refractivity contribution is 6.30. The minimum absolute atomic E-state index is 0.000421. The number of halogens is 2. The average Bonchev–Trinajstić information content (AvgIpc) is 3.23. The molecule has 0 N–H and O–H groups in total. The summed E-state index contributed by atoms with van der Waals surface area (Å²) in [6.45, 7) is 0.475. The first-order valence-electron chi connectivity index (χ1n) is 7.75. The van der Waals surface area contributed by atoms with Crippen molar-refractivity contribution in [1.82, 2.24) is 10.1 Å². The lowest BCUT2D eigenvalue weighted by Crippen LogP contribution is -2.24. The molecule has 5 nitrogen and oxygen atoms in total. The van der Waals surface area contributed by atoms with Crippen molar-refractivity contribution in [2.45, 2.75) is 12.3 Å². The zero-order valence-electron chi connectivity index (χ0n) is 13.0. The van der Waals surface area contributed by atoms with E-state index in [0.29, 0.717) is 35.3 Å².